The van der Waals surface area contributed by atoms with Gasteiger partial charge in [0.05, 0.1) is 30.1 Å². The van der Waals surface area contributed by atoms with E-state index in [2.05, 4.69) is 58.9 Å². The standard InChI is InChI=1S/C22H29N3O3Si/c1-27-22(26)19-8-10-23-15-20(19)24-14-18-7-5-6-17-9-11-25(21(17)18)16-28-12-13-29(2,3)4/h5-11,15,24H,12-14,16H2,1-4H3. The SMILES string of the molecule is COC(=O)c1ccncc1NCc1cccc2ccn(COCC[Si](C)(C)C)c12. The molecule has 1 N–H and O–H groups in total. The summed E-state index contributed by atoms with van der Waals surface area (Å²) in [4.78, 5) is 16.1. The zero-order valence-electron chi connectivity index (χ0n) is 17.6. The van der Waals surface area contributed by atoms with Crippen LogP contribution in [0.1, 0.15) is 15.9 Å². The van der Waals surface area contributed by atoms with Crippen LogP contribution >= 0.6 is 0 Å². The number of methoxy groups -OCH3 is 1. The van der Waals surface area contributed by atoms with Gasteiger partial charge < -0.3 is 19.4 Å². The lowest BCUT2D eigenvalue weighted by Crippen LogP contribution is -2.22. The van der Waals surface area contributed by atoms with Gasteiger partial charge in [0.15, 0.2) is 0 Å². The molecule has 154 valence electrons. The van der Waals surface area contributed by atoms with Crippen LogP contribution < -0.4 is 5.32 Å². The largest absolute Gasteiger partial charge is 0.465 e. The number of hydrogen-bond donors (Lipinski definition) is 1. The minimum absolute atomic E-state index is 0.382. The molecule has 0 aliphatic carbocycles. The third-order valence-electron chi connectivity index (χ3n) is 4.79. The normalized spacial score (nSPS) is 11.6. The number of anilines is 1. The molecule has 0 radical (unpaired) electrons. The van der Waals surface area contributed by atoms with E-state index in [0.717, 1.165) is 29.1 Å². The average Bonchev–Trinajstić information content (AvgIpc) is 3.12. The molecule has 1 aromatic carbocycles. The summed E-state index contributed by atoms with van der Waals surface area (Å²) >= 11 is 0. The Labute approximate surface area is 172 Å². The zero-order valence-corrected chi connectivity index (χ0v) is 18.6. The van der Waals surface area contributed by atoms with Gasteiger partial charge in [0.2, 0.25) is 0 Å². The van der Waals surface area contributed by atoms with Crippen molar-refractivity contribution in [3.05, 3.63) is 60.0 Å². The highest BCUT2D eigenvalue weighted by molar-refractivity contribution is 6.76. The van der Waals surface area contributed by atoms with Crippen LogP contribution in [0.3, 0.4) is 0 Å². The Morgan fingerprint density at radius 3 is 2.79 bits per heavy atom. The highest BCUT2D eigenvalue weighted by atomic mass is 28.3. The fourth-order valence-electron chi connectivity index (χ4n) is 3.15. The Morgan fingerprint density at radius 2 is 2.03 bits per heavy atom. The number of hydrogen-bond acceptors (Lipinski definition) is 5. The number of ether oxygens (including phenoxy) is 2. The predicted molar refractivity (Wildman–Crippen MR) is 119 cm³/mol. The Balaban J connectivity index is 1.75. The molecule has 3 rings (SSSR count). The first-order valence-corrected chi connectivity index (χ1v) is 13.5. The molecule has 0 saturated carbocycles. The molecular formula is C22H29N3O3Si. The van der Waals surface area contributed by atoms with E-state index >= 15 is 0 Å². The quantitative estimate of drug-likeness (QED) is 0.313. The number of benzene rings is 1. The highest BCUT2D eigenvalue weighted by Gasteiger charge is 2.14. The van der Waals surface area contributed by atoms with Crippen molar-refractivity contribution < 1.29 is 14.3 Å². The maximum Gasteiger partial charge on any atom is 0.340 e. The Morgan fingerprint density at radius 1 is 1.21 bits per heavy atom. The third-order valence-corrected chi connectivity index (χ3v) is 6.50. The van der Waals surface area contributed by atoms with Crippen molar-refractivity contribution in [1.29, 1.82) is 0 Å². The maximum atomic E-state index is 12.0. The molecule has 7 heteroatoms. The molecule has 0 fully saturated rings. The molecule has 29 heavy (non-hydrogen) atoms. The van der Waals surface area contributed by atoms with Gasteiger partial charge in [-0.1, -0.05) is 37.8 Å². The number of carbonyl (C=O) groups excluding carboxylic acids is 1. The number of nitrogens with zero attached hydrogens (tertiary/aromatic N) is 2. The second-order valence-corrected chi connectivity index (χ2v) is 13.9. The zero-order chi connectivity index (χ0) is 20.9. The van der Waals surface area contributed by atoms with Gasteiger partial charge >= 0.3 is 5.97 Å². The van der Waals surface area contributed by atoms with Crippen molar-refractivity contribution in [2.45, 2.75) is 39.0 Å². The first-order chi connectivity index (χ1) is 13.9. The van der Waals surface area contributed by atoms with E-state index in [-0.39, 0.29) is 5.97 Å². The van der Waals surface area contributed by atoms with Gasteiger partial charge in [0.25, 0.3) is 0 Å². The number of pyridine rings is 1. The Bertz CT molecular complexity index is 979. The molecule has 2 heterocycles. The Hall–Kier alpha value is -2.64. The topological polar surface area (TPSA) is 65.4 Å². The van der Waals surface area contributed by atoms with Crippen LogP contribution in [0.4, 0.5) is 5.69 Å². The van der Waals surface area contributed by atoms with Crippen LogP contribution in [0.15, 0.2) is 48.9 Å². The molecular weight excluding hydrogens is 382 g/mol. The summed E-state index contributed by atoms with van der Waals surface area (Å²) in [6.07, 6.45) is 5.29. The van der Waals surface area contributed by atoms with E-state index < -0.39 is 8.07 Å². The predicted octanol–water partition coefficient (Wildman–Crippen LogP) is 4.75. The summed E-state index contributed by atoms with van der Waals surface area (Å²) in [7, 11) is 0.277. The van der Waals surface area contributed by atoms with Gasteiger partial charge in [-0.3, -0.25) is 4.98 Å². The minimum Gasteiger partial charge on any atom is -0.465 e. The fourth-order valence-corrected chi connectivity index (χ4v) is 3.90. The van der Waals surface area contributed by atoms with Gasteiger partial charge in [-0.2, -0.15) is 0 Å². The third kappa shape index (κ3) is 5.46. The fraction of sp³-hybridized carbons (Fsp3) is 0.364. The summed E-state index contributed by atoms with van der Waals surface area (Å²) in [5.74, 6) is -0.382. The van der Waals surface area contributed by atoms with Crippen LogP contribution in [0.25, 0.3) is 10.9 Å². The van der Waals surface area contributed by atoms with Crippen molar-refractivity contribution >= 4 is 30.6 Å². The van der Waals surface area contributed by atoms with Gasteiger partial charge in [-0.25, -0.2) is 4.79 Å². The number of rotatable bonds is 9. The van der Waals surface area contributed by atoms with Crippen molar-refractivity contribution in [3.8, 4) is 0 Å². The van der Waals surface area contributed by atoms with Gasteiger partial charge in [0, 0.05) is 33.6 Å². The second-order valence-electron chi connectivity index (χ2n) is 8.25. The lowest BCUT2D eigenvalue weighted by molar-refractivity contribution is 0.0601. The van der Waals surface area contributed by atoms with Crippen LogP contribution in [-0.2, 0) is 22.7 Å². The summed E-state index contributed by atoms with van der Waals surface area (Å²) in [6.45, 7) is 8.94. The molecule has 0 aliphatic heterocycles. The molecule has 0 aliphatic rings. The van der Waals surface area contributed by atoms with E-state index in [0.29, 0.717) is 24.5 Å². The second kappa shape index (κ2) is 9.24. The Kier molecular flexibility index (Phi) is 6.71. The monoisotopic (exact) mass is 411 g/mol. The van der Waals surface area contributed by atoms with Crippen LogP contribution in [-0.4, -0.2) is 37.3 Å². The number of fused-ring (bicyclic) bond motifs is 1. The lowest BCUT2D eigenvalue weighted by Gasteiger charge is -2.16. The van der Waals surface area contributed by atoms with Gasteiger partial charge in [0.1, 0.15) is 6.73 Å². The van der Waals surface area contributed by atoms with E-state index in [4.69, 9.17) is 9.47 Å². The number of para-hydroxylation sites is 1. The average molecular weight is 412 g/mol. The summed E-state index contributed by atoms with van der Waals surface area (Å²) in [6, 6.07) is 11.1. The molecule has 0 spiro atoms. The summed E-state index contributed by atoms with van der Waals surface area (Å²) in [5, 5.41) is 4.49. The van der Waals surface area contributed by atoms with Crippen molar-refractivity contribution in [2.24, 2.45) is 0 Å². The summed E-state index contributed by atoms with van der Waals surface area (Å²) in [5.41, 5.74) is 3.39. The highest BCUT2D eigenvalue weighted by Crippen LogP contribution is 2.23. The summed E-state index contributed by atoms with van der Waals surface area (Å²) < 4.78 is 13.0. The number of esters is 1. The molecule has 0 atom stereocenters. The minimum atomic E-state index is -1.10. The molecule has 2 aromatic heterocycles. The molecule has 0 bridgehead atoms. The van der Waals surface area contributed by atoms with E-state index in [1.165, 1.54) is 7.11 Å². The first kappa shape index (κ1) is 21.1. The maximum absolute atomic E-state index is 12.0. The number of nitrogens with one attached hydrogen (secondary N) is 1. The van der Waals surface area contributed by atoms with E-state index in [9.17, 15) is 4.79 Å². The lowest BCUT2D eigenvalue weighted by atomic mass is 10.1. The van der Waals surface area contributed by atoms with Gasteiger partial charge in [-0.05, 0) is 29.1 Å². The smallest absolute Gasteiger partial charge is 0.340 e. The van der Waals surface area contributed by atoms with Crippen LogP contribution in [0, 0.1) is 0 Å². The van der Waals surface area contributed by atoms with Gasteiger partial charge in [-0.15, -0.1) is 0 Å². The number of aromatic nitrogens is 2. The first-order valence-electron chi connectivity index (χ1n) is 9.80. The van der Waals surface area contributed by atoms with Crippen molar-refractivity contribution in [3.63, 3.8) is 0 Å². The molecule has 0 amide bonds. The molecule has 0 saturated heterocycles. The molecule has 0 unspecified atom stereocenters. The van der Waals surface area contributed by atoms with Crippen LogP contribution in [0.5, 0.6) is 0 Å². The van der Waals surface area contributed by atoms with Crippen molar-refractivity contribution in [1.82, 2.24) is 9.55 Å². The number of carbonyl (C=O) groups is 1. The van der Waals surface area contributed by atoms with E-state index in [1.807, 2.05) is 6.07 Å². The van der Waals surface area contributed by atoms with Crippen molar-refractivity contribution in [2.75, 3.05) is 19.0 Å². The van der Waals surface area contributed by atoms with Crippen LogP contribution in [0.2, 0.25) is 25.7 Å². The molecule has 3 aromatic rings. The van der Waals surface area contributed by atoms with E-state index in [1.54, 1.807) is 18.5 Å². The molecule has 6 nitrogen and oxygen atoms in total.